The number of rotatable bonds is 8. The van der Waals surface area contributed by atoms with Crippen LogP contribution >= 0.6 is 0 Å². The van der Waals surface area contributed by atoms with Crippen LogP contribution in [0.4, 0.5) is 10.3 Å². The van der Waals surface area contributed by atoms with E-state index in [2.05, 4.69) is 20.6 Å². The van der Waals surface area contributed by atoms with Gasteiger partial charge in [-0.25, -0.2) is 14.4 Å². The molecule has 0 saturated carbocycles. The van der Waals surface area contributed by atoms with Gasteiger partial charge >= 0.3 is 0 Å². The maximum absolute atomic E-state index is 12.8. The lowest BCUT2D eigenvalue weighted by molar-refractivity contribution is 0.0948. The second kappa shape index (κ2) is 8.79. The van der Waals surface area contributed by atoms with Gasteiger partial charge in [-0.2, -0.15) is 0 Å². The number of nitrogens with zero attached hydrogens (tertiary/aromatic N) is 2. The van der Waals surface area contributed by atoms with Gasteiger partial charge in [0.2, 0.25) is 5.95 Å². The molecule has 23 heavy (non-hydrogen) atoms. The van der Waals surface area contributed by atoms with Crippen molar-refractivity contribution in [3.05, 3.63) is 53.6 Å². The van der Waals surface area contributed by atoms with Crippen LogP contribution in [-0.4, -0.2) is 36.1 Å². The van der Waals surface area contributed by atoms with Crippen LogP contribution in [0.15, 0.2) is 36.7 Å². The Morgan fingerprint density at radius 2 is 1.91 bits per heavy atom. The highest BCUT2D eigenvalue weighted by molar-refractivity contribution is 5.93. The van der Waals surface area contributed by atoms with Crippen LogP contribution in [0.3, 0.4) is 0 Å². The first-order valence-electron chi connectivity index (χ1n) is 7.26. The molecule has 0 aliphatic rings. The van der Waals surface area contributed by atoms with Gasteiger partial charge in [-0.1, -0.05) is 12.1 Å². The Hall–Kier alpha value is -2.54. The number of methoxy groups -OCH3 is 1. The van der Waals surface area contributed by atoms with E-state index in [-0.39, 0.29) is 11.7 Å². The number of aromatic nitrogens is 2. The van der Waals surface area contributed by atoms with Crippen LogP contribution in [0.2, 0.25) is 0 Å². The van der Waals surface area contributed by atoms with Crippen molar-refractivity contribution in [3.63, 3.8) is 0 Å². The van der Waals surface area contributed by atoms with E-state index in [0.717, 1.165) is 12.0 Å². The number of hydrogen-bond donors (Lipinski definition) is 2. The monoisotopic (exact) mass is 318 g/mol. The predicted molar refractivity (Wildman–Crippen MR) is 84.6 cm³/mol. The van der Waals surface area contributed by atoms with Crippen LogP contribution in [-0.2, 0) is 11.3 Å². The lowest BCUT2D eigenvalue weighted by Gasteiger charge is -2.07. The topological polar surface area (TPSA) is 76.1 Å². The van der Waals surface area contributed by atoms with Gasteiger partial charge in [0.25, 0.3) is 5.91 Å². The van der Waals surface area contributed by atoms with Gasteiger partial charge in [0, 0.05) is 39.2 Å². The zero-order valence-electron chi connectivity index (χ0n) is 12.9. The van der Waals surface area contributed by atoms with Crippen molar-refractivity contribution in [2.75, 3.05) is 25.6 Å². The molecule has 0 fully saturated rings. The highest BCUT2D eigenvalue weighted by Gasteiger charge is 2.06. The van der Waals surface area contributed by atoms with Crippen molar-refractivity contribution in [2.45, 2.75) is 13.0 Å². The van der Waals surface area contributed by atoms with Gasteiger partial charge in [-0.05, 0) is 24.1 Å². The molecule has 1 amide bonds. The Morgan fingerprint density at radius 3 is 2.57 bits per heavy atom. The smallest absolute Gasteiger partial charge is 0.254 e. The first-order valence-corrected chi connectivity index (χ1v) is 7.26. The Balaban J connectivity index is 1.81. The van der Waals surface area contributed by atoms with E-state index in [9.17, 15) is 9.18 Å². The van der Waals surface area contributed by atoms with E-state index in [4.69, 9.17) is 4.74 Å². The number of ether oxygens (including phenoxy) is 1. The van der Waals surface area contributed by atoms with Crippen LogP contribution in [0, 0.1) is 5.82 Å². The van der Waals surface area contributed by atoms with Crippen LogP contribution < -0.4 is 10.6 Å². The minimum atomic E-state index is -0.272. The lowest BCUT2D eigenvalue weighted by atomic mass is 10.2. The first-order chi connectivity index (χ1) is 11.2. The van der Waals surface area contributed by atoms with Crippen molar-refractivity contribution in [2.24, 2.45) is 0 Å². The highest BCUT2D eigenvalue weighted by atomic mass is 19.1. The summed E-state index contributed by atoms with van der Waals surface area (Å²) in [6, 6.07) is 6.16. The Kier molecular flexibility index (Phi) is 6.43. The number of carbonyl (C=O) groups excluding carboxylic acids is 1. The zero-order valence-corrected chi connectivity index (χ0v) is 12.9. The van der Waals surface area contributed by atoms with E-state index < -0.39 is 0 Å². The molecule has 0 aliphatic carbocycles. The van der Waals surface area contributed by atoms with Crippen molar-refractivity contribution in [3.8, 4) is 0 Å². The van der Waals surface area contributed by atoms with Gasteiger partial charge in [-0.15, -0.1) is 0 Å². The number of benzene rings is 1. The molecule has 1 aromatic carbocycles. The standard InChI is InChI=1S/C16H19FN4O2/c1-23-8-2-7-18-15(22)13-10-20-16(21-11-13)19-9-12-3-5-14(17)6-4-12/h3-6,10-11H,2,7-9H2,1H3,(H,18,22)(H,19,20,21). The van der Waals surface area contributed by atoms with E-state index in [1.54, 1.807) is 19.2 Å². The normalized spacial score (nSPS) is 10.3. The third-order valence-electron chi connectivity index (χ3n) is 3.09. The molecule has 7 heteroatoms. The molecule has 2 N–H and O–H groups in total. The quantitative estimate of drug-likeness (QED) is 0.728. The highest BCUT2D eigenvalue weighted by Crippen LogP contribution is 2.06. The number of hydrogen-bond acceptors (Lipinski definition) is 5. The van der Waals surface area contributed by atoms with Crippen molar-refractivity contribution in [1.29, 1.82) is 0 Å². The lowest BCUT2D eigenvalue weighted by Crippen LogP contribution is -2.25. The molecule has 0 unspecified atom stereocenters. The fourth-order valence-corrected chi connectivity index (χ4v) is 1.84. The third kappa shape index (κ3) is 5.63. The van der Waals surface area contributed by atoms with Crippen molar-refractivity contribution < 1.29 is 13.9 Å². The summed E-state index contributed by atoms with van der Waals surface area (Å²) in [7, 11) is 1.62. The predicted octanol–water partition coefficient (Wildman–Crippen LogP) is 1.99. The molecule has 2 rings (SSSR count). The summed E-state index contributed by atoms with van der Waals surface area (Å²) in [5.74, 6) is -0.0812. The van der Waals surface area contributed by atoms with E-state index in [0.29, 0.717) is 31.2 Å². The summed E-state index contributed by atoms with van der Waals surface area (Å²) in [6.45, 7) is 1.61. The molecule has 0 atom stereocenters. The fraction of sp³-hybridized carbons (Fsp3) is 0.312. The Morgan fingerprint density at radius 1 is 1.22 bits per heavy atom. The molecule has 1 heterocycles. The molecular formula is C16H19FN4O2. The fourth-order valence-electron chi connectivity index (χ4n) is 1.84. The molecule has 0 aliphatic heterocycles. The summed E-state index contributed by atoms with van der Waals surface area (Å²) in [5, 5.41) is 5.78. The number of anilines is 1. The van der Waals surface area contributed by atoms with Gasteiger partial charge in [0.1, 0.15) is 5.82 Å². The molecule has 0 radical (unpaired) electrons. The zero-order chi connectivity index (χ0) is 16.5. The van der Waals surface area contributed by atoms with Gasteiger partial charge in [0.05, 0.1) is 5.56 Å². The van der Waals surface area contributed by atoms with E-state index in [1.807, 2.05) is 0 Å². The summed E-state index contributed by atoms with van der Waals surface area (Å²) in [6.07, 6.45) is 3.68. The minimum Gasteiger partial charge on any atom is -0.385 e. The van der Waals surface area contributed by atoms with E-state index >= 15 is 0 Å². The molecular weight excluding hydrogens is 299 g/mol. The second-order valence-corrected chi connectivity index (χ2v) is 4.88. The number of amides is 1. The van der Waals surface area contributed by atoms with Crippen LogP contribution in [0.1, 0.15) is 22.3 Å². The van der Waals surface area contributed by atoms with Gasteiger partial charge in [0.15, 0.2) is 0 Å². The summed E-state index contributed by atoms with van der Waals surface area (Å²) >= 11 is 0. The van der Waals surface area contributed by atoms with Crippen LogP contribution in [0.5, 0.6) is 0 Å². The maximum Gasteiger partial charge on any atom is 0.254 e. The average Bonchev–Trinajstić information content (AvgIpc) is 2.58. The molecule has 2 aromatic rings. The largest absolute Gasteiger partial charge is 0.385 e. The molecule has 0 spiro atoms. The maximum atomic E-state index is 12.8. The number of nitrogens with one attached hydrogen (secondary N) is 2. The number of halogens is 1. The van der Waals surface area contributed by atoms with Gasteiger partial charge in [-0.3, -0.25) is 4.79 Å². The molecule has 1 aromatic heterocycles. The Bertz CT molecular complexity index is 617. The Labute approximate surface area is 134 Å². The first kappa shape index (κ1) is 16.8. The third-order valence-corrected chi connectivity index (χ3v) is 3.09. The summed E-state index contributed by atoms with van der Waals surface area (Å²) in [4.78, 5) is 20.0. The van der Waals surface area contributed by atoms with Gasteiger partial charge < -0.3 is 15.4 Å². The molecule has 6 nitrogen and oxygen atoms in total. The SMILES string of the molecule is COCCCNC(=O)c1cnc(NCc2ccc(F)cc2)nc1. The summed E-state index contributed by atoms with van der Waals surface area (Å²) in [5.41, 5.74) is 1.31. The molecule has 122 valence electrons. The second-order valence-electron chi connectivity index (χ2n) is 4.88. The van der Waals surface area contributed by atoms with E-state index in [1.165, 1.54) is 24.5 Å². The molecule has 0 bridgehead atoms. The summed E-state index contributed by atoms with van der Waals surface area (Å²) < 4.78 is 17.7. The minimum absolute atomic E-state index is 0.216. The van der Waals surface area contributed by atoms with Crippen molar-refractivity contribution >= 4 is 11.9 Å². The number of carbonyl (C=O) groups is 1. The molecule has 0 saturated heterocycles. The van der Waals surface area contributed by atoms with Crippen molar-refractivity contribution in [1.82, 2.24) is 15.3 Å². The average molecular weight is 318 g/mol. The van der Waals surface area contributed by atoms with Crippen LogP contribution in [0.25, 0.3) is 0 Å².